The minimum Gasteiger partial charge on any atom is -0.375 e. The molecule has 0 aliphatic heterocycles. The van der Waals surface area contributed by atoms with Crippen LogP contribution in [-0.2, 0) is 0 Å². The third-order valence-electron chi connectivity index (χ3n) is 3.46. The van der Waals surface area contributed by atoms with Crippen LogP contribution >= 0.6 is 0 Å². The fraction of sp³-hybridized carbons (Fsp3) is 0.176. The summed E-state index contributed by atoms with van der Waals surface area (Å²) in [6.07, 6.45) is 5.42. The second kappa shape index (κ2) is 5.79. The van der Waals surface area contributed by atoms with Gasteiger partial charge in [-0.3, -0.25) is 0 Å². The quantitative estimate of drug-likeness (QED) is 0.790. The Labute approximate surface area is 124 Å². The summed E-state index contributed by atoms with van der Waals surface area (Å²) in [5.41, 5.74) is 3.48. The molecule has 106 valence electrons. The van der Waals surface area contributed by atoms with Gasteiger partial charge in [0.25, 0.3) is 0 Å². The molecule has 3 rings (SSSR count). The number of pyridine rings is 1. The molecular formula is C17H18N4. The average Bonchev–Trinajstić information content (AvgIpc) is 3.02. The van der Waals surface area contributed by atoms with Crippen LogP contribution < -0.4 is 5.32 Å². The van der Waals surface area contributed by atoms with Gasteiger partial charge in [0.15, 0.2) is 5.82 Å². The summed E-state index contributed by atoms with van der Waals surface area (Å²) >= 11 is 0. The van der Waals surface area contributed by atoms with E-state index in [0.29, 0.717) is 0 Å². The molecule has 21 heavy (non-hydrogen) atoms. The molecule has 3 aromatic rings. The number of hydrogen-bond donors (Lipinski definition) is 1. The highest BCUT2D eigenvalue weighted by atomic mass is 15.3. The minimum atomic E-state index is 0.198. The standard InChI is InChI=1S/C17H18N4/c1-13-6-8-15(9-7-13)14(2)20-16-5-3-10-18-17(16)21-12-4-11-19-21/h3-12,14,20H,1-2H3. The van der Waals surface area contributed by atoms with Gasteiger partial charge in [0.1, 0.15) is 0 Å². The molecule has 2 aromatic heterocycles. The molecule has 0 bridgehead atoms. The normalized spacial score (nSPS) is 12.1. The number of aryl methyl sites for hydroxylation is 1. The van der Waals surface area contributed by atoms with Gasteiger partial charge < -0.3 is 5.32 Å². The molecule has 0 aliphatic rings. The Balaban J connectivity index is 1.86. The van der Waals surface area contributed by atoms with E-state index in [2.05, 4.69) is 53.5 Å². The first-order valence-corrected chi connectivity index (χ1v) is 7.02. The highest BCUT2D eigenvalue weighted by molar-refractivity contribution is 5.57. The van der Waals surface area contributed by atoms with Gasteiger partial charge in [-0.25, -0.2) is 9.67 Å². The average molecular weight is 278 g/mol. The molecule has 0 fully saturated rings. The Bertz CT molecular complexity index is 702. The van der Waals surface area contributed by atoms with Gasteiger partial charge >= 0.3 is 0 Å². The predicted molar refractivity (Wildman–Crippen MR) is 84.6 cm³/mol. The van der Waals surface area contributed by atoms with Gasteiger partial charge in [0.2, 0.25) is 0 Å². The number of nitrogens with one attached hydrogen (secondary N) is 1. The highest BCUT2D eigenvalue weighted by Gasteiger charge is 2.10. The van der Waals surface area contributed by atoms with Gasteiger partial charge in [-0.1, -0.05) is 29.8 Å². The highest BCUT2D eigenvalue weighted by Crippen LogP contribution is 2.23. The molecule has 4 nitrogen and oxygen atoms in total. The lowest BCUT2D eigenvalue weighted by Gasteiger charge is -2.18. The number of benzene rings is 1. The van der Waals surface area contributed by atoms with Crippen molar-refractivity contribution in [2.45, 2.75) is 19.9 Å². The first-order chi connectivity index (χ1) is 10.2. The predicted octanol–water partition coefficient (Wildman–Crippen LogP) is 3.75. The SMILES string of the molecule is Cc1ccc(C(C)Nc2cccnc2-n2cccn2)cc1. The summed E-state index contributed by atoms with van der Waals surface area (Å²) in [6, 6.07) is 14.6. The molecule has 4 heteroatoms. The van der Waals surface area contributed by atoms with E-state index in [1.165, 1.54) is 11.1 Å². The summed E-state index contributed by atoms with van der Waals surface area (Å²) in [5, 5.41) is 7.76. The summed E-state index contributed by atoms with van der Waals surface area (Å²) in [5.74, 6) is 0.807. The van der Waals surface area contributed by atoms with Crippen molar-refractivity contribution in [3.8, 4) is 5.82 Å². The smallest absolute Gasteiger partial charge is 0.176 e. The van der Waals surface area contributed by atoms with Crippen molar-refractivity contribution in [2.75, 3.05) is 5.32 Å². The molecule has 1 aromatic carbocycles. The fourth-order valence-corrected chi connectivity index (χ4v) is 2.26. The van der Waals surface area contributed by atoms with Crippen LogP contribution in [0.2, 0.25) is 0 Å². The number of nitrogens with zero attached hydrogens (tertiary/aromatic N) is 3. The second-order valence-electron chi connectivity index (χ2n) is 5.10. The third kappa shape index (κ3) is 2.94. The maximum atomic E-state index is 4.42. The van der Waals surface area contributed by atoms with E-state index in [1.54, 1.807) is 17.1 Å². The maximum Gasteiger partial charge on any atom is 0.176 e. The van der Waals surface area contributed by atoms with E-state index in [-0.39, 0.29) is 6.04 Å². The van der Waals surface area contributed by atoms with Crippen LogP contribution in [0.4, 0.5) is 5.69 Å². The van der Waals surface area contributed by atoms with Gasteiger partial charge in [0.05, 0.1) is 5.69 Å². The molecule has 0 aliphatic carbocycles. The minimum absolute atomic E-state index is 0.198. The molecule has 0 radical (unpaired) electrons. The summed E-state index contributed by atoms with van der Waals surface area (Å²) in [6.45, 7) is 4.24. The van der Waals surface area contributed by atoms with Gasteiger partial charge in [-0.15, -0.1) is 0 Å². The zero-order chi connectivity index (χ0) is 14.7. The van der Waals surface area contributed by atoms with Crippen molar-refractivity contribution in [1.29, 1.82) is 0 Å². The van der Waals surface area contributed by atoms with Crippen LogP contribution in [0.3, 0.4) is 0 Å². The van der Waals surface area contributed by atoms with E-state index in [9.17, 15) is 0 Å². The van der Waals surface area contributed by atoms with Crippen LogP contribution in [0.1, 0.15) is 24.1 Å². The fourth-order valence-electron chi connectivity index (χ4n) is 2.26. The molecule has 1 N–H and O–H groups in total. The lowest BCUT2D eigenvalue weighted by molar-refractivity contribution is 0.829. The molecule has 0 amide bonds. The third-order valence-corrected chi connectivity index (χ3v) is 3.46. The van der Waals surface area contributed by atoms with Crippen LogP contribution in [0.5, 0.6) is 0 Å². The van der Waals surface area contributed by atoms with E-state index in [0.717, 1.165) is 11.5 Å². The largest absolute Gasteiger partial charge is 0.375 e. The van der Waals surface area contributed by atoms with E-state index in [4.69, 9.17) is 0 Å². The first-order valence-electron chi connectivity index (χ1n) is 7.02. The van der Waals surface area contributed by atoms with Crippen molar-refractivity contribution >= 4 is 5.69 Å². The lowest BCUT2D eigenvalue weighted by atomic mass is 10.1. The lowest BCUT2D eigenvalue weighted by Crippen LogP contribution is -2.10. The monoisotopic (exact) mass is 278 g/mol. The van der Waals surface area contributed by atoms with Crippen LogP contribution in [0.25, 0.3) is 5.82 Å². The van der Waals surface area contributed by atoms with Crippen molar-refractivity contribution in [2.24, 2.45) is 0 Å². The van der Waals surface area contributed by atoms with Crippen LogP contribution in [0.15, 0.2) is 61.1 Å². The Morgan fingerprint density at radius 1 is 1.05 bits per heavy atom. The summed E-state index contributed by atoms with van der Waals surface area (Å²) < 4.78 is 1.77. The van der Waals surface area contributed by atoms with Gasteiger partial charge in [-0.05, 0) is 37.6 Å². The molecule has 1 atom stereocenters. The topological polar surface area (TPSA) is 42.7 Å². The van der Waals surface area contributed by atoms with Gasteiger partial charge in [-0.2, -0.15) is 5.10 Å². The zero-order valence-corrected chi connectivity index (χ0v) is 12.2. The van der Waals surface area contributed by atoms with Crippen molar-refractivity contribution in [1.82, 2.24) is 14.8 Å². The Hall–Kier alpha value is -2.62. The van der Waals surface area contributed by atoms with Gasteiger partial charge in [0, 0.05) is 24.6 Å². The number of hydrogen-bond acceptors (Lipinski definition) is 3. The Kier molecular flexibility index (Phi) is 3.69. The van der Waals surface area contributed by atoms with Crippen molar-refractivity contribution < 1.29 is 0 Å². The molecular weight excluding hydrogens is 260 g/mol. The molecule has 0 saturated heterocycles. The van der Waals surface area contributed by atoms with Crippen molar-refractivity contribution in [3.05, 3.63) is 72.2 Å². The Morgan fingerprint density at radius 3 is 2.57 bits per heavy atom. The van der Waals surface area contributed by atoms with Crippen molar-refractivity contribution in [3.63, 3.8) is 0 Å². The number of anilines is 1. The summed E-state index contributed by atoms with van der Waals surface area (Å²) in [4.78, 5) is 4.42. The maximum absolute atomic E-state index is 4.42. The first kappa shape index (κ1) is 13.4. The molecule has 0 spiro atoms. The Morgan fingerprint density at radius 2 is 1.86 bits per heavy atom. The van der Waals surface area contributed by atoms with Crippen LogP contribution in [0, 0.1) is 6.92 Å². The molecule has 1 unspecified atom stereocenters. The van der Waals surface area contributed by atoms with Crippen LogP contribution in [-0.4, -0.2) is 14.8 Å². The number of aromatic nitrogens is 3. The molecule has 0 saturated carbocycles. The molecule has 2 heterocycles. The van der Waals surface area contributed by atoms with E-state index >= 15 is 0 Å². The zero-order valence-electron chi connectivity index (χ0n) is 12.2. The summed E-state index contributed by atoms with van der Waals surface area (Å²) in [7, 11) is 0. The number of rotatable bonds is 4. The second-order valence-corrected chi connectivity index (χ2v) is 5.10. The van der Waals surface area contributed by atoms with E-state index in [1.807, 2.05) is 24.4 Å². The van der Waals surface area contributed by atoms with E-state index < -0.39 is 0 Å².